The third-order valence-electron chi connectivity index (χ3n) is 2.56. The lowest BCUT2D eigenvalue weighted by Gasteiger charge is -2.14. The molecule has 2 rings (SSSR count). The van der Waals surface area contributed by atoms with E-state index in [0.717, 1.165) is 5.56 Å². The number of anilines is 1. The van der Waals surface area contributed by atoms with E-state index in [2.05, 4.69) is 10.1 Å². The minimum absolute atomic E-state index is 0.156. The van der Waals surface area contributed by atoms with Gasteiger partial charge >= 0.3 is 0 Å². The third kappa shape index (κ3) is 2.29. The molecule has 5 heteroatoms. The van der Waals surface area contributed by atoms with Crippen LogP contribution in [0.1, 0.15) is 37.4 Å². The normalized spacial score (nSPS) is 12.9. The second-order valence-corrected chi connectivity index (χ2v) is 4.23. The fraction of sp³-hybridized carbons (Fsp3) is 0.333. The number of nitrogen functional groups attached to an aromatic ring is 1. The van der Waals surface area contributed by atoms with Gasteiger partial charge in [-0.05, 0) is 31.5 Å². The van der Waals surface area contributed by atoms with Crippen LogP contribution in [0.4, 0.5) is 5.69 Å². The minimum Gasteiger partial charge on any atom is -0.399 e. The van der Waals surface area contributed by atoms with Crippen molar-refractivity contribution >= 4 is 5.69 Å². The average Bonchev–Trinajstić information content (AvgIpc) is 2.77. The van der Waals surface area contributed by atoms with Crippen molar-refractivity contribution in [2.24, 2.45) is 0 Å². The molecule has 1 aromatic heterocycles. The van der Waals surface area contributed by atoms with Gasteiger partial charge in [0.25, 0.3) is 0 Å². The summed E-state index contributed by atoms with van der Waals surface area (Å²) in [5, 5.41) is 14.4. The second-order valence-electron chi connectivity index (χ2n) is 4.23. The molecule has 0 bridgehead atoms. The first kappa shape index (κ1) is 11.6. The van der Waals surface area contributed by atoms with Crippen molar-refractivity contribution in [2.75, 3.05) is 5.73 Å². The Bertz CT molecular complexity index is 507. The standard InChI is InChI=1S/C12H16N4O/c1-8(2)16-12(14-7-15-16)11(17)9-4-3-5-10(13)6-9/h3-8,11,17H,13H2,1-2H3. The Morgan fingerprint density at radius 1 is 1.35 bits per heavy atom. The molecular formula is C12H16N4O. The number of rotatable bonds is 3. The van der Waals surface area contributed by atoms with Gasteiger partial charge in [-0.1, -0.05) is 12.1 Å². The Morgan fingerprint density at radius 2 is 2.12 bits per heavy atom. The highest BCUT2D eigenvalue weighted by atomic mass is 16.3. The summed E-state index contributed by atoms with van der Waals surface area (Å²) in [6.45, 7) is 3.98. The summed E-state index contributed by atoms with van der Waals surface area (Å²) in [5.74, 6) is 0.533. The van der Waals surface area contributed by atoms with Crippen LogP contribution in [0, 0.1) is 0 Å². The molecule has 0 fully saturated rings. The number of hydrogen-bond donors (Lipinski definition) is 2. The molecule has 0 radical (unpaired) electrons. The van der Waals surface area contributed by atoms with Crippen molar-refractivity contribution in [3.05, 3.63) is 42.0 Å². The number of aliphatic hydroxyl groups is 1. The van der Waals surface area contributed by atoms with E-state index in [1.807, 2.05) is 26.0 Å². The monoisotopic (exact) mass is 232 g/mol. The number of benzene rings is 1. The van der Waals surface area contributed by atoms with E-state index in [1.165, 1.54) is 6.33 Å². The summed E-state index contributed by atoms with van der Waals surface area (Å²) in [6, 6.07) is 7.31. The lowest BCUT2D eigenvalue weighted by Crippen LogP contribution is -2.13. The molecule has 0 saturated carbocycles. The Hall–Kier alpha value is -1.88. The first-order valence-electron chi connectivity index (χ1n) is 5.52. The number of hydrogen-bond acceptors (Lipinski definition) is 4. The summed E-state index contributed by atoms with van der Waals surface area (Å²) in [4.78, 5) is 4.10. The van der Waals surface area contributed by atoms with Crippen molar-refractivity contribution in [3.8, 4) is 0 Å². The van der Waals surface area contributed by atoms with Crippen LogP contribution in [0.5, 0.6) is 0 Å². The van der Waals surface area contributed by atoms with Crippen molar-refractivity contribution in [1.29, 1.82) is 0 Å². The first-order valence-corrected chi connectivity index (χ1v) is 5.52. The van der Waals surface area contributed by atoms with E-state index in [9.17, 15) is 5.11 Å². The van der Waals surface area contributed by atoms with Crippen molar-refractivity contribution < 1.29 is 5.11 Å². The van der Waals surface area contributed by atoms with Gasteiger partial charge < -0.3 is 10.8 Å². The number of aliphatic hydroxyl groups excluding tert-OH is 1. The predicted octanol–water partition coefficient (Wildman–Crippen LogP) is 1.52. The van der Waals surface area contributed by atoms with Gasteiger partial charge in [0.2, 0.25) is 0 Å². The largest absolute Gasteiger partial charge is 0.399 e. The second kappa shape index (κ2) is 4.55. The summed E-state index contributed by atoms with van der Waals surface area (Å²) >= 11 is 0. The summed E-state index contributed by atoms with van der Waals surface area (Å²) < 4.78 is 1.70. The molecule has 17 heavy (non-hydrogen) atoms. The average molecular weight is 232 g/mol. The fourth-order valence-corrected chi connectivity index (χ4v) is 1.73. The number of aromatic nitrogens is 3. The number of nitrogens with two attached hydrogens (primary N) is 1. The van der Waals surface area contributed by atoms with Crippen LogP contribution in [-0.4, -0.2) is 19.9 Å². The van der Waals surface area contributed by atoms with E-state index in [1.54, 1.807) is 16.8 Å². The Labute approximate surface area is 99.9 Å². The van der Waals surface area contributed by atoms with E-state index in [4.69, 9.17) is 5.73 Å². The molecule has 5 nitrogen and oxygen atoms in total. The van der Waals surface area contributed by atoms with Gasteiger partial charge in [-0.2, -0.15) is 5.10 Å². The highest BCUT2D eigenvalue weighted by Gasteiger charge is 2.18. The molecule has 0 aliphatic carbocycles. The maximum atomic E-state index is 10.3. The molecule has 1 unspecified atom stereocenters. The van der Waals surface area contributed by atoms with Crippen LogP contribution in [0.2, 0.25) is 0 Å². The maximum absolute atomic E-state index is 10.3. The highest BCUT2D eigenvalue weighted by Crippen LogP contribution is 2.23. The Morgan fingerprint density at radius 3 is 2.76 bits per heavy atom. The van der Waals surface area contributed by atoms with Crippen molar-refractivity contribution in [3.63, 3.8) is 0 Å². The molecule has 1 heterocycles. The zero-order chi connectivity index (χ0) is 12.4. The van der Waals surface area contributed by atoms with E-state index >= 15 is 0 Å². The van der Waals surface area contributed by atoms with Gasteiger partial charge in [0.1, 0.15) is 12.4 Å². The van der Waals surface area contributed by atoms with E-state index in [-0.39, 0.29) is 6.04 Å². The molecule has 0 amide bonds. The molecule has 2 aromatic rings. The summed E-state index contributed by atoms with van der Waals surface area (Å²) in [5.41, 5.74) is 7.04. The van der Waals surface area contributed by atoms with E-state index in [0.29, 0.717) is 11.5 Å². The van der Waals surface area contributed by atoms with Gasteiger partial charge in [0.05, 0.1) is 0 Å². The lowest BCUT2D eigenvalue weighted by atomic mass is 10.1. The molecule has 3 N–H and O–H groups in total. The first-order chi connectivity index (χ1) is 8.09. The van der Waals surface area contributed by atoms with Crippen LogP contribution >= 0.6 is 0 Å². The van der Waals surface area contributed by atoms with Gasteiger partial charge in [-0.3, -0.25) is 0 Å². The molecule has 0 aliphatic rings. The van der Waals surface area contributed by atoms with Gasteiger partial charge in [-0.25, -0.2) is 9.67 Å². The smallest absolute Gasteiger partial charge is 0.160 e. The molecule has 0 spiro atoms. The quantitative estimate of drug-likeness (QED) is 0.787. The van der Waals surface area contributed by atoms with Crippen LogP contribution in [0.15, 0.2) is 30.6 Å². The zero-order valence-electron chi connectivity index (χ0n) is 9.91. The van der Waals surface area contributed by atoms with Crippen LogP contribution in [0.3, 0.4) is 0 Å². The molecule has 1 aromatic carbocycles. The highest BCUT2D eigenvalue weighted by molar-refractivity contribution is 5.42. The molecular weight excluding hydrogens is 216 g/mol. The van der Waals surface area contributed by atoms with Crippen LogP contribution < -0.4 is 5.73 Å². The zero-order valence-corrected chi connectivity index (χ0v) is 9.91. The molecule has 90 valence electrons. The van der Waals surface area contributed by atoms with Crippen molar-refractivity contribution in [1.82, 2.24) is 14.8 Å². The summed E-state index contributed by atoms with van der Waals surface area (Å²) in [6.07, 6.45) is 0.647. The third-order valence-corrected chi connectivity index (χ3v) is 2.56. The topological polar surface area (TPSA) is 77.0 Å². The van der Waals surface area contributed by atoms with Crippen molar-refractivity contribution in [2.45, 2.75) is 26.0 Å². The predicted molar refractivity (Wildman–Crippen MR) is 65.3 cm³/mol. The SMILES string of the molecule is CC(C)n1ncnc1C(O)c1cccc(N)c1. The lowest BCUT2D eigenvalue weighted by molar-refractivity contribution is 0.200. The Kier molecular flexibility index (Phi) is 3.10. The van der Waals surface area contributed by atoms with Crippen LogP contribution in [0.25, 0.3) is 0 Å². The number of nitrogens with zero attached hydrogens (tertiary/aromatic N) is 3. The minimum atomic E-state index is -0.802. The summed E-state index contributed by atoms with van der Waals surface area (Å²) in [7, 11) is 0. The fourth-order valence-electron chi connectivity index (χ4n) is 1.73. The molecule has 0 saturated heterocycles. The van der Waals surface area contributed by atoms with Gasteiger partial charge in [0, 0.05) is 11.7 Å². The molecule has 1 atom stereocenters. The Balaban J connectivity index is 2.37. The van der Waals surface area contributed by atoms with Gasteiger partial charge in [0.15, 0.2) is 5.82 Å². The van der Waals surface area contributed by atoms with E-state index < -0.39 is 6.10 Å². The van der Waals surface area contributed by atoms with Crippen LogP contribution in [-0.2, 0) is 0 Å². The maximum Gasteiger partial charge on any atom is 0.160 e. The molecule has 0 aliphatic heterocycles. The van der Waals surface area contributed by atoms with Gasteiger partial charge in [-0.15, -0.1) is 0 Å².